The summed E-state index contributed by atoms with van der Waals surface area (Å²) in [6.07, 6.45) is 0.458. The van der Waals surface area contributed by atoms with E-state index < -0.39 is 0 Å². The molecule has 0 fully saturated rings. The average molecular weight is 366 g/mol. The minimum absolute atomic E-state index is 0.238. The highest BCUT2D eigenvalue weighted by molar-refractivity contribution is 5.69. The van der Waals surface area contributed by atoms with Crippen molar-refractivity contribution in [3.63, 3.8) is 0 Å². The van der Waals surface area contributed by atoms with Crippen molar-refractivity contribution in [2.75, 3.05) is 0 Å². The minimum Gasteiger partial charge on any atom is -0.508 e. The first-order valence-corrected chi connectivity index (χ1v) is 9.37. The van der Waals surface area contributed by atoms with Crippen molar-refractivity contribution in [3.05, 3.63) is 108 Å². The molecule has 2 N–H and O–H groups in total. The molecule has 0 amide bonds. The number of rotatable bonds is 4. The fourth-order valence-corrected chi connectivity index (χ4v) is 3.53. The lowest BCUT2D eigenvalue weighted by molar-refractivity contribution is 0.460. The van der Waals surface area contributed by atoms with E-state index in [1.54, 1.807) is 6.07 Å². The molecule has 0 bridgehead atoms. The van der Waals surface area contributed by atoms with Crippen molar-refractivity contribution in [2.24, 2.45) is 0 Å². The van der Waals surface area contributed by atoms with Crippen molar-refractivity contribution >= 4 is 0 Å². The number of phenolic OH excluding ortho intramolecular Hbond substituents is 2. The number of phenols is 2. The SMILES string of the molecule is Cc1cc(-c2ccccc2)cc(Cc2cc(-c3ccccc3)ccc2O)c1O. The van der Waals surface area contributed by atoms with E-state index in [2.05, 4.69) is 12.1 Å². The van der Waals surface area contributed by atoms with Gasteiger partial charge in [-0.05, 0) is 70.1 Å². The van der Waals surface area contributed by atoms with Crippen molar-refractivity contribution in [2.45, 2.75) is 13.3 Å². The third kappa shape index (κ3) is 3.63. The van der Waals surface area contributed by atoms with Crippen molar-refractivity contribution < 1.29 is 10.2 Å². The van der Waals surface area contributed by atoms with E-state index in [4.69, 9.17) is 0 Å². The van der Waals surface area contributed by atoms with Gasteiger partial charge in [-0.2, -0.15) is 0 Å². The summed E-state index contributed by atoms with van der Waals surface area (Å²) in [5.74, 6) is 0.519. The number of aryl methyl sites for hydroxylation is 1. The van der Waals surface area contributed by atoms with Crippen LogP contribution in [-0.4, -0.2) is 10.2 Å². The normalized spacial score (nSPS) is 10.8. The fraction of sp³-hybridized carbons (Fsp3) is 0.0769. The highest BCUT2D eigenvalue weighted by Gasteiger charge is 2.12. The van der Waals surface area contributed by atoms with Gasteiger partial charge in [0.25, 0.3) is 0 Å². The van der Waals surface area contributed by atoms with Crippen LogP contribution in [0.5, 0.6) is 11.5 Å². The van der Waals surface area contributed by atoms with Gasteiger partial charge < -0.3 is 10.2 Å². The van der Waals surface area contributed by atoms with Gasteiger partial charge >= 0.3 is 0 Å². The van der Waals surface area contributed by atoms with Crippen LogP contribution >= 0.6 is 0 Å². The Morgan fingerprint density at radius 3 is 1.79 bits per heavy atom. The summed E-state index contributed by atoms with van der Waals surface area (Å²) < 4.78 is 0. The first-order valence-electron chi connectivity index (χ1n) is 9.37. The second-order valence-corrected chi connectivity index (χ2v) is 7.05. The molecule has 0 unspecified atom stereocenters. The monoisotopic (exact) mass is 366 g/mol. The molecule has 0 aliphatic rings. The molecular weight excluding hydrogens is 344 g/mol. The van der Waals surface area contributed by atoms with Gasteiger partial charge in [-0.25, -0.2) is 0 Å². The Labute approximate surface area is 165 Å². The summed E-state index contributed by atoms with van der Waals surface area (Å²) in [5, 5.41) is 21.0. The van der Waals surface area contributed by atoms with Crippen LogP contribution in [-0.2, 0) is 6.42 Å². The second kappa shape index (κ2) is 7.61. The van der Waals surface area contributed by atoms with E-state index in [0.29, 0.717) is 6.42 Å². The minimum atomic E-state index is 0.238. The van der Waals surface area contributed by atoms with E-state index in [9.17, 15) is 10.2 Å². The van der Waals surface area contributed by atoms with Gasteiger partial charge in [0.15, 0.2) is 0 Å². The van der Waals surface area contributed by atoms with Crippen molar-refractivity contribution in [1.82, 2.24) is 0 Å². The molecule has 2 nitrogen and oxygen atoms in total. The maximum Gasteiger partial charge on any atom is 0.122 e. The molecule has 2 heteroatoms. The molecule has 0 spiro atoms. The van der Waals surface area contributed by atoms with Crippen LogP contribution in [0.3, 0.4) is 0 Å². The Morgan fingerprint density at radius 2 is 1.14 bits per heavy atom. The molecule has 0 radical (unpaired) electrons. The largest absolute Gasteiger partial charge is 0.508 e. The Hall–Kier alpha value is -3.52. The summed E-state index contributed by atoms with van der Waals surface area (Å²) >= 11 is 0. The molecule has 4 rings (SSSR count). The molecule has 0 saturated carbocycles. The van der Waals surface area contributed by atoms with Crippen molar-refractivity contribution in [3.8, 4) is 33.8 Å². The van der Waals surface area contributed by atoms with Crippen LogP contribution < -0.4 is 0 Å². The number of aromatic hydroxyl groups is 2. The van der Waals surface area contributed by atoms with Gasteiger partial charge in [0, 0.05) is 6.42 Å². The van der Waals surface area contributed by atoms with Gasteiger partial charge in [0.05, 0.1) is 0 Å². The smallest absolute Gasteiger partial charge is 0.122 e. The molecular formula is C26H22O2. The van der Waals surface area contributed by atoms with E-state index in [1.807, 2.05) is 79.7 Å². The number of hydrogen-bond acceptors (Lipinski definition) is 2. The van der Waals surface area contributed by atoms with Crippen molar-refractivity contribution in [1.29, 1.82) is 0 Å². The van der Waals surface area contributed by atoms with Gasteiger partial charge in [0.1, 0.15) is 11.5 Å². The second-order valence-electron chi connectivity index (χ2n) is 7.05. The predicted molar refractivity (Wildman–Crippen MR) is 115 cm³/mol. The van der Waals surface area contributed by atoms with Gasteiger partial charge in [0.2, 0.25) is 0 Å². The Kier molecular flexibility index (Phi) is 4.86. The quantitative estimate of drug-likeness (QED) is 0.443. The Balaban J connectivity index is 1.74. The molecule has 4 aromatic rings. The molecule has 28 heavy (non-hydrogen) atoms. The number of benzene rings is 4. The molecule has 0 aromatic heterocycles. The van der Waals surface area contributed by atoms with Crippen LogP contribution in [0.2, 0.25) is 0 Å². The molecule has 4 aromatic carbocycles. The fourth-order valence-electron chi connectivity index (χ4n) is 3.53. The van der Waals surface area contributed by atoms with Gasteiger partial charge in [-0.3, -0.25) is 0 Å². The lowest BCUT2D eigenvalue weighted by Gasteiger charge is -2.13. The van der Waals surface area contributed by atoms with Crippen LogP contribution in [0.15, 0.2) is 91.0 Å². The predicted octanol–water partition coefficient (Wildman–Crippen LogP) is 6.33. The summed E-state index contributed by atoms with van der Waals surface area (Å²) in [4.78, 5) is 0. The third-order valence-electron chi connectivity index (χ3n) is 5.05. The maximum absolute atomic E-state index is 10.6. The highest BCUT2D eigenvalue weighted by Crippen LogP contribution is 2.34. The lowest BCUT2D eigenvalue weighted by Crippen LogP contribution is -1.94. The van der Waals surface area contributed by atoms with E-state index in [1.165, 1.54) is 0 Å². The molecule has 138 valence electrons. The van der Waals surface area contributed by atoms with Gasteiger partial charge in [-0.1, -0.05) is 66.7 Å². The average Bonchev–Trinajstić information content (AvgIpc) is 2.74. The molecule has 0 heterocycles. The first-order chi connectivity index (χ1) is 13.6. The third-order valence-corrected chi connectivity index (χ3v) is 5.05. The van der Waals surface area contributed by atoms with Crippen LogP contribution in [0.1, 0.15) is 16.7 Å². The van der Waals surface area contributed by atoms with Crippen LogP contribution in [0, 0.1) is 6.92 Å². The zero-order valence-electron chi connectivity index (χ0n) is 15.8. The van der Waals surface area contributed by atoms with E-state index in [-0.39, 0.29) is 11.5 Å². The standard InChI is InChI=1S/C26H22O2/c1-18-14-22(20-10-6-3-7-11-20)16-24(26(18)28)17-23-15-21(12-13-25(23)27)19-8-4-2-5-9-19/h2-16,27-28H,17H2,1H3. The summed E-state index contributed by atoms with van der Waals surface area (Å²) in [6, 6.07) is 29.8. The van der Waals surface area contributed by atoms with E-state index >= 15 is 0 Å². The Morgan fingerprint density at radius 1 is 0.571 bits per heavy atom. The van der Waals surface area contributed by atoms with Gasteiger partial charge in [-0.15, -0.1) is 0 Å². The molecule has 0 aliphatic carbocycles. The number of hydrogen-bond donors (Lipinski definition) is 2. The molecule has 0 aliphatic heterocycles. The van der Waals surface area contributed by atoms with E-state index in [0.717, 1.165) is 38.9 Å². The summed E-state index contributed by atoms with van der Waals surface area (Å²) in [5.41, 5.74) is 6.74. The topological polar surface area (TPSA) is 40.5 Å². The molecule has 0 atom stereocenters. The first kappa shape index (κ1) is 17.9. The maximum atomic E-state index is 10.6. The van der Waals surface area contributed by atoms with Crippen LogP contribution in [0.25, 0.3) is 22.3 Å². The zero-order valence-corrected chi connectivity index (χ0v) is 15.8. The van der Waals surface area contributed by atoms with Crippen LogP contribution in [0.4, 0.5) is 0 Å². The summed E-state index contributed by atoms with van der Waals surface area (Å²) in [6.45, 7) is 1.91. The highest BCUT2D eigenvalue weighted by atomic mass is 16.3. The molecule has 0 saturated heterocycles. The summed E-state index contributed by atoms with van der Waals surface area (Å²) in [7, 11) is 0. The zero-order chi connectivity index (χ0) is 19.5. The lowest BCUT2D eigenvalue weighted by atomic mass is 9.94. The Bertz CT molecular complexity index is 1100.